The molecule has 0 radical (unpaired) electrons. The zero-order chi connectivity index (χ0) is 18.7. The third-order valence-corrected chi connectivity index (χ3v) is 6.13. The van der Waals surface area contributed by atoms with Crippen molar-refractivity contribution in [2.24, 2.45) is 7.05 Å². The molecule has 0 bridgehead atoms. The van der Waals surface area contributed by atoms with E-state index in [-0.39, 0.29) is 10.6 Å². The maximum atomic E-state index is 12.8. The highest BCUT2D eigenvalue weighted by molar-refractivity contribution is 7.89. The Morgan fingerprint density at radius 1 is 1.19 bits per heavy atom. The van der Waals surface area contributed by atoms with E-state index >= 15 is 0 Å². The summed E-state index contributed by atoms with van der Waals surface area (Å²) >= 11 is 0. The van der Waals surface area contributed by atoms with Crippen molar-refractivity contribution in [1.82, 2.24) is 14.1 Å². The van der Waals surface area contributed by atoms with Crippen LogP contribution in [0.4, 0.5) is 5.69 Å². The lowest BCUT2D eigenvalue weighted by atomic mass is 10.2. The van der Waals surface area contributed by atoms with Crippen molar-refractivity contribution in [2.75, 3.05) is 13.1 Å². The van der Waals surface area contributed by atoms with Crippen LogP contribution in [0.2, 0.25) is 0 Å². The topological polar surface area (TPSA) is 108 Å². The first-order chi connectivity index (χ1) is 12.4. The molecule has 1 aliphatic heterocycles. The summed E-state index contributed by atoms with van der Waals surface area (Å²) < 4.78 is 34.1. The minimum Gasteiger partial charge on any atom is -0.447 e. The van der Waals surface area contributed by atoms with Crippen LogP contribution in [0.1, 0.15) is 25.7 Å². The third-order valence-electron chi connectivity index (χ3n) is 4.24. The second kappa shape index (κ2) is 7.42. The number of nitro benzene ring substituents is 1. The Labute approximate surface area is 151 Å². The van der Waals surface area contributed by atoms with Crippen LogP contribution in [0.3, 0.4) is 0 Å². The van der Waals surface area contributed by atoms with Gasteiger partial charge >= 0.3 is 5.69 Å². The van der Waals surface area contributed by atoms with Gasteiger partial charge in [0, 0.05) is 26.2 Å². The van der Waals surface area contributed by atoms with Crippen molar-refractivity contribution in [3.05, 3.63) is 40.7 Å². The molecule has 1 aromatic heterocycles. The van der Waals surface area contributed by atoms with Gasteiger partial charge in [0.2, 0.25) is 15.8 Å². The number of sulfonamides is 1. The molecule has 0 unspecified atom stereocenters. The van der Waals surface area contributed by atoms with Gasteiger partial charge in [-0.15, -0.1) is 0 Å². The number of ether oxygens (including phenoxy) is 1. The zero-order valence-corrected chi connectivity index (χ0v) is 15.2. The average molecular weight is 380 g/mol. The van der Waals surface area contributed by atoms with Crippen LogP contribution in [0.25, 0.3) is 0 Å². The minimum absolute atomic E-state index is 0.0298. The Morgan fingerprint density at radius 3 is 2.46 bits per heavy atom. The Balaban J connectivity index is 1.93. The van der Waals surface area contributed by atoms with Crippen molar-refractivity contribution < 1.29 is 18.1 Å². The number of nitrogens with zero attached hydrogens (tertiary/aromatic N) is 4. The summed E-state index contributed by atoms with van der Waals surface area (Å²) in [5.41, 5.74) is -0.398. The number of nitro groups is 1. The quantitative estimate of drug-likeness (QED) is 0.583. The first-order valence-electron chi connectivity index (χ1n) is 8.33. The van der Waals surface area contributed by atoms with Crippen molar-refractivity contribution in [3.63, 3.8) is 0 Å². The summed E-state index contributed by atoms with van der Waals surface area (Å²) in [6, 6.07) is 3.72. The molecule has 1 fully saturated rings. The molecule has 3 rings (SSSR count). The molecule has 140 valence electrons. The fourth-order valence-electron chi connectivity index (χ4n) is 2.90. The van der Waals surface area contributed by atoms with Crippen LogP contribution in [0.5, 0.6) is 11.5 Å². The van der Waals surface area contributed by atoms with E-state index in [9.17, 15) is 18.5 Å². The molecule has 0 saturated carbocycles. The van der Waals surface area contributed by atoms with E-state index in [1.807, 2.05) is 0 Å². The van der Waals surface area contributed by atoms with Crippen LogP contribution in [-0.2, 0) is 17.1 Å². The number of hydrogen-bond donors (Lipinski definition) is 0. The summed E-state index contributed by atoms with van der Waals surface area (Å²) in [7, 11) is -2.08. The van der Waals surface area contributed by atoms with Gasteiger partial charge in [0.1, 0.15) is 0 Å². The van der Waals surface area contributed by atoms with E-state index in [0.29, 0.717) is 18.8 Å². The molecule has 0 N–H and O–H groups in total. The molecular formula is C16H20N4O5S. The van der Waals surface area contributed by atoms with Crippen LogP contribution in [-0.4, -0.2) is 40.5 Å². The summed E-state index contributed by atoms with van der Waals surface area (Å²) in [6.45, 7) is 0.869. The van der Waals surface area contributed by atoms with E-state index in [4.69, 9.17) is 4.74 Å². The molecule has 1 aromatic carbocycles. The Hall–Kier alpha value is -2.46. The largest absolute Gasteiger partial charge is 0.447 e. The number of aromatic nitrogens is 2. The number of benzene rings is 1. The van der Waals surface area contributed by atoms with Crippen LogP contribution in [0, 0.1) is 10.1 Å². The maximum absolute atomic E-state index is 12.8. The Bertz CT molecular complexity index is 901. The molecular weight excluding hydrogens is 360 g/mol. The molecule has 0 atom stereocenters. The summed E-state index contributed by atoms with van der Waals surface area (Å²) in [5.74, 6) is 0.302. The van der Waals surface area contributed by atoms with Gasteiger partial charge in [0.15, 0.2) is 5.75 Å². The minimum atomic E-state index is -3.77. The zero-order valence-electron chi connectivity index (χ0n) is 14.4. The molecule has 0 spiro atoms. The van der Waals surface area contributed by atoms with Gasteiger partial charge < -0.3 is 4.74 Å². The standard InChI is InChI=1S/C16H20N4O5S/c1-18-12-13(11-17-18)25-16-7-6-14(10-15(16)20(21)22)26(23,24)19-8-4-2-3-5-9-19/h6-7,10-12H,2-5,8-9H2,1H3. The first kappa shape index (κ1) is 18.3. The maximum Gasteiger partial charge on any atom is 0.312 e. The van der Waals surface area contributed by atoms with Gasteiger partial charge in [-0.25, -0.2) is 8.42 Å². The van der Waals surface area contributed by atoms with Gasteiger partial charge in [-0.05, 0) is 25.0 Å². The highest BCUT2D eigenvalue weighted by atomic mass is 32.2. The molecule has 1 saturated heterocycles. The van der Waals surface area contributed by atoms with E-state index in [2.05, 4.69) is 5.10 Å². The average Bonchev–Trinajstić information content (AvgIpc) is 2.85. The smallest absolute Gasteiger partial charge is 0.312 e. The van der Waals surface area contributed by atoms with Crippen LogP contribution in [0.15, 0.2) is 35.5 Å². The molecule has 1 aliphatic rings. The highest BCUT2D eigenvalue weighted by Gasteiger charge is 2.28. The Kier molecular flexibility index (Phi) is 5.23. The lowest BCUT2D eigenvalue weighted by molar-refractivity contribution is -0.385. The van der Waals surface area contributed by atoms with Gasteiger partial charge in [-0.2, -0.15) is 9.40 Å². The first-order valence-corrected chi connectivity index (χ1v) is 9.77. The van der Waals surface area contributed by atoms with Crippen LogP contribution >= 0.6 is 0 Å². The van der Waals surface area contributed by atoms with E-state index in [0.717, 1.165) is 31.7 Å². The van der Waals surface area contributed by atoms with Gasteiger partial charge in [0.25, 0.3) is 0 Å². The predicted octanol–water partition coefficient (Wildman–Crippen LogP) is 2.69. The summed E-state index contributed by atoms with van der Waals surface area (Å²) in [6.07, 6.45) is 6.55. The van der Waals surface area contributed by atoms with E-state index < -0.39 is 20.6 Å². The highest BCUT2D eigenvalue weighted by Crippen LogP contribution is 2.34. The summed E-state index contributed by atoms with van der Waals surface area (Å²) in [4.78, 5) is 10.7. The van der Waals surface area contributed by atoms with Crippen molar-refractivity contribution in [2.45, 2.75) is 30.6 Å². The van der Waals surface area contributed by atoms with Gasteiger partial charge in [-0.3, -0.25) is 14.8 Å². The predicted molar refractivity (Wildman–Crippen MR) is 93.6 cm³/mol. The molecule has 9 nitrogen and oxygen atoms in total. The normalized spacial score (nSPS) is 16.2. The SMILES string of the molecule is Cn1cc(Oc2ccc(S(=O)(=O)N3CCCCCC3)cc2[N+](=O)[O-])cn1. The van der Waals surface area contributed by atoms with Gasteiger partial charge in [0.05, 0.1) is 22.2 Å². The van der Waals surface area contributed by atoms with Crippen LogP contribution < -0.4 is 4.74 Å². The second-order valence-electron chi connectivity index (χ2n) is 6.16. The van der Waals surface area contributed by atoms with Crippen molar-refractivity contribution in [3.8, 4) is 11.5 Å². The molecule has 10 heteroatoms. The van der Waals surface area contributed by atoms with E-state index in [1.165, 1.54) is 27.3 Å². The monoisotopic (exact) mass is 380 g/mol. The van der Waals surface area contributed by atoms with Crippen molar-refractivity contribution >= 4 is 15.7 Å². The molecule has 0 amide bonds. The second-order valence-corrected chi connectivity index (χ2v) is 8.09. The third kappa shape index (κ3) is 3.86. The van der Waals surface area contributed by atoms with Crippen molar-refractivity contribution in [1.29, 1.82) is 0 Å². The Morgan fingerprint density at radius 2 is 1.88 bits per heavy atom. The molecule has 2 aromatic rings. The van der Waals surface area contributed by atoms with E-state index in [1.54, 1.807) is 13.2 Å². The lowest BCUT2D eigenvalue weighted by Crippen LogP contribution is -2.31. The lowest BCUT2D eigenvalue weighted by Gasteiger charge is -2.20. The van der Waals surface area contributed by atoms with Gasteiger partial charge in [-0.1, -0.05) is 12.8 Å². The number of aryl methyl sites for hydroxylation is 1. The fourth-order valence-corrected chi connectivity index (χ4v) is 4.43. The number of hydrogen-bond acceptors (Lipinski definition) is 6. The number of rotatable bonds is 5. The molecule has 26 heavy (non-hydrogen) atoms. The molecule has 2 heterocycles. The molecule has 0 aliphatic carbocycles. The summed E-state index contributed by atoms with van der Waals surface area (Å²) in [5, 5.41) is 15.4. The fraction of sp³-hybridized carbons (Fsp3) is 0.438.